The van der Waals surface area contributed by atoms with Gasteiger partial charge in [0.15, 0.2) is 0 Å². The minimum absolute atomic E-state index is 0.00578. The van der Waals surface area contributed by atoms with E-state index < -0.39 is 199 Å². The molecule has 5 rings (SSSR count). The zero-order valence-electron chi connectivity index (χ0n) is 57.7. The quantitative estimate of drug-likeness (QED) is 0.0380. The average Bonchev–Trinajstić information content (AvgIpc) is 1.67. The minimum atomic E-state index is -1.96. The highest BCUT2D eigenvalue weighted by molar-refractivity contribution is 8.14. The smallest absolute Gasteiger partial charge is 0.305 e. The Morgan fingerprint density at radius 1 is 0.743 bits per heavy atom. The molecule has 16 atom stereocenters. The van der Waals surface area contributed by atoms with E-state index in [1.807, 2.05) is 13.8 Å². The van der Waals surface area contributed by atoms with E-state index in [0.717, 1.165) is 6.42 Å². The van der Waals surface area contributed by atoms with Gasteiger partial charge in [-0.2, -0.15) is 0 Å². The zero-order chi connectivity index (χ0) is 74.6. The number of rotatable bonds is 30. The number of aromatic nitrogens is 2. The molecule has 2 aromatic rings. The Labute approximate surface area is 590 Å². The highest BCUT2D eigenvalue weighted by Gasteiger charge is 2.46. The lowest BCUT2D eigenvalue weighted by molar-refractivity contribution is -0.144. The fourth-order valence-electron chi connectivity index (χ4n) is 11.9. The highest BCUT2D eigenvalue weighted by atomic mass is 32.2. The first-order chi connectivity index (χ1) is 48.0. The number of benzene rings is 1. The maximum Gasteiger partial charge on any atom is 0.305 e. The number of nitrogens with two attached hydrogens (primary N) is 3. The van der Waals surface area contributed by atoms with Crippen LogP contribution in [-0.4, -0.2) is 210 Å². The molecule has 19 N–H and O–H groups in total. The molecule has 0 saturated carbocycles. The molecule has 34 heteroatoms. The van der Waals surface area contributed by atoms with E-state index in [9.17, 15) is 72.5 Å². The Bertz CT molecular complexity index is 3300. The number of allylic oxidation sites excluding steroid dienone is 2. The Hall–Kier alpha value is -9.57. The molecule has 4 heterocycles. The summed E-state index contributed by atoms with van der Waals surface area (Å²) in [6.45, 7) is 16.2. The Balaban J connectivity index is 1.54. The zero-order valence-corrected chi connectivity index (χ0v) is 58.5. The van der Waals surface area contributed by atoms with Gasteiger partial charge in [-0.25, -0.2) is 4.98 Å². The number of likely N-dealkylation sites (tertiary alicyclic amines) is 1. The van der Waals surface area contributed by atoms with Crippen LogP contribution in [0, 0.1) is 17.8 Å². The monoisotopic (exact) mass is 1430 g/mol. The summed E-state index contributed by atoms with van der Waals surface area (Å²) in [6.07, 6.45) is 2.86. The van der Waals surface area contributed by atoms with Crippen LogP contribution in [0.25, 0.3) is 0 Å². The molecule has 2 fully saturated rings. The molecule has 1 aromatic heterocycles. The van der Waals surface area contributed by atoms with Gasteiger partial charge in [0.05, 0.1) is 35.9 Å². The van der Waals surface area contributed by atoms with E-state index in [1.54, 1.807) is 51.1 Å². The van der Waals surface area contributed by atoms with E-state index in [4.69, 9.17) is 17.2 Å². The number of carboxylic acids is 2. The van der Waals surface area contributed by atoms with Crippen molar-refractivity contribution >= 4 is 99.6 Å². The summed E-state index contributed by atoms with van der Waals surface area (Å²) < 4.78 is 0. The molecule has 0 radical (unpaired) electrons. The van der Waals surface area contributed by atoms with E-state index in [1.165, 1.54) is 41.3 Å². The summed E-state index contributed by atoms with van der Waals surface area (Å²) in [5.74, 6) is -15.4. The standard InChI is InChI=1S/C67H99N17O16S/c1-8-17-36(5)54-65(99)79-43(28-39-19-12-11-13-20-39)59(93)76-44(29-40-32-71-34-73-40)60(94)78-46(31-52(88)89)61(95)77-45(30-50(69)85)56(90)72-26-15-14-21-41(57(91)74-42(22-16-25-68)58(92)82-54)75-64(98)55(37(6)18-9-2)83-63(97)49(23-24-51(86)87)84-38(7)27-47(67(84)100)80-62(96)48-33-101-66(81-48)53(70)35(4)10-3/h8-9,11-13,19-20,32,34-38,41-49,53-55H,1-2,10,14-18,21-31,33,68,70H2,3-7H3,(H2,69,85)(H,71,73)(H,72,90)(H,74,91)(H,75,98)(H,76,93)(H,77,95)(H,78,94)(H,79,99)(H,80,96)(H,82,92)(H,83,97)(H,86,87)(H,88,89). The second-order valence-electron chi connectivity index (χ2n) is 25.8. The largest absolute Gasteiger partial charge is 0.481 e. The van der Waals surface area contributed by atoms with Crippen LogP contribution in [0.2, 0.25) is 0 Å². The maximum atomic E-state index is 15.0. The summed E-state index contributed by atoms with van der Waals surface area (Å²) in [5, 5.41) is 46.6. The Morgan fingerprint density at radius 2 is 1.37 bits per heavy atom. The van der Waals surface area contributed by atoms with Crippen molar-refractivity contribution in [2.24, 2.45) is 39.9 Å². The predicted octanol–water partition coefficient (Wildman–Crippen LogP) is -1.89. The fraction of sp³-hybridized carbons (Fsp3) is 0.582. The lowest BCUT2D eigenvalue weighted by Gasteiger charge is -2.33. The third-order valence-corrected chi connectivity index (χ3v) is 19.0. The highest BCUT2D eigenvalue weighted by Crippen LogP contribution is 2.28. The van der Waals surface area contributed by atoms with Gasteiger partial charge in [-0.3, -0.25) is 72.1 Å². The minimum Gasteiger partial charge on any atom is -0.481 e. The summed E-state index contributed by atoms with van der Waals surface area (Å²) >= 11 is 1.35. The molecule has 33 nitrogen and oxygen atoms in total. The number of H-pyrrole nitrogens is 1. The number of primary amides is 1. The van der Waals surface area contributed by atoms with Gasteiger partial charge in [0, 0.05) is 43.8 Å². The third-order valence-electron chi connectivity index (χ3n) is 17.8. The number of amides is 12. The molecule has 16 unspecified atom stereocenters. The van der Waals surface area contributed by atoms with Crippen molar-refractivity contribution in [2.45, 2.75) is 209 Å². The topological polar surface area (TPSA) is 522 Å². The van der Waals surface area contributed by atoms with Gasteiger partial charge in [0.2, 0.25) is 70.9 Å². The number of carbonyl (C=O) groups excluding carboxylic acids is 12. The van der Waals surface area contributed by atoms with Gasteiger partial charge in [-0.15, -0.1) is 24.9 Å². The van der Waals surface area contributed by atoms with E-state index >= 15 is 4.79 Å². The van der Waals surface area contributed by atoms with Crippen LogP contribution in [0.5, 0.6) is 0 Å². The second kappa shape index (κ2) is 40.6. The number of imidazole rings is 1. The van der Waals surface area contributed by atoms with Gasteiger partial charge in [0.25, 0.3) is 0 Å². The number of carbonyl (C=O) groups is 14. The number of nitrogens with one attached hydrogen (secondary N) is 11. The van der Waals surface area contributed by atoms with Crippen LogP contribution in [0.1, 0.15) is 129 Å². The molecule has 0 aliphatic carbocycles. The molecular formula is C67H99N17O16S. The number of thioether (sulfide) groups is 1. The van der Waals surface area contributed by atoms with Crippen molar-refractivity contribution in [3.05, 3.63) is 79.4 Å². The van der Waals surface area contributed by atoms with Gasteiger partial charge in [-0.1, -0.05) is 76.6 Å². The molecular weight excluding hydrogens is 1330 g/mol. The summed E-state index contributed by atoms with van der Waals surface area (Å²) in [5.41, 5.74) is 18.6. The maximum absolute atomic E-state index is 15.0. The lowest BCUT2D eigenvalue weighted by atomic mass is 9.95. The van der Waals surface area contributed by atoms with Crippen molar-refractivity contribution in [3.8, 4) is 0 Å². The van der Waals surface area contributed by atoms with Crippen LogP contribution in [0.3, 0.4) is 0 Å². The van der Waals surface area contributed by atoms with E-state index in [-0.39, 0.29) is 94.7 Å². The number of carboxylic acid groups (broad SMARTS) is 2. The van der Waals surface area contributed by atoms with Gasteiger partial charge in [-0.05, 0) is 94.6 Å². The van der Waals surface area contributed by atoms with Crippen molar-refractivity contribution in [1.29, 1.82) is 0 Å². The molecule has 1 aromatic carbocycles. The first kappa shape index (κ1) is 82.1. The summed E-state index contributed by atoms with van der Waals surface area (Å²) in [7, 11) is 0. The van der Waals surface area contributed by atoms with Crippen molar-refractivity contribution in [3.63, 3.8) is 0 Å². The second-order valence-corrected chi connectivity index (χ2v) is 26.9. The average molecular weight is 1430 g/mol. The molecule has 12 amide bonds. The van der Waals surface area contributed by atoms with Crippen LogP contribution in [-0.2, 0) is 80.0 Å². The lowest BCUT2D eigenvalue weighted by Crippen LogP contribution is -2.62. The number of aliphatic imine (C=N–C) groups is 1. The number of aliphatic carboxylic acids is 2. The molecule has 3 aliphatic heterocycles. The number of aromatic amines is 1. The Kier molecular flexibility index (Phi) is 33.0. The fourth-order valence-corrected chi connectivity index (χ4v) is 13.0. The summed E-state index contributed by atoms with van der Waals surface area (Å²) in [6, 6.07) is -9.23. The normalized spacial score (nSPS) is 24.9. The van der Waals surface area contributed by atoms with Gasteiger partial charge in [0.1, 0.15) is 66.5 Å². The molecule has 2 saturated heterocycles. The van der Waals surface area contributed by atoms with E-state index in [2.05, 4.69) is 81.3 Å². The molecule has 101 heavy (non-hydrogen) atoms. The van der Waals surface area contributed by atoms with Crippen molar-refractivity contribution in [1.82, 2.24) is 68.0 Å². The van der Waals surface area contributed by atoms with Crippen LogP contribution in [0.15, 0.2) is 73.2 Å². The van der Waals surface area contributed by atoms with Crippen molar-refractivity contribution in [2.75, 3.05) is 18.8 Å². The van der Waals surface area contributed by atoms with Gasteiger partial charge < -0.3 is 90.5 Å². The van der Waals surface area contributed by atoms with Crippen LogP contribution < -0.4 is 70.4 Å². The SMILES string of the molecule is C=CCC(C)C1NC(=O)C(CCCN)NC(=O)C(NC(=O)C(NC(=O)C(CCC(=O)O)N2C(=O)C(NC(=O)C3CSC(C(N)C(C)CC)=N3)CC2C)C(C)CC=C)CCCCNC(=O)C(CC(N)=O)NC(=O)C(CC(=O)O)NC(=O)C(Cc2c[nH]cn2)NC(=O)C(Cc2ccccc2)NC1=O. The molecule has 554 valence electrons. The first-order valence-corrected chi connectivity index (χ1v) is 34.9. The number of hydrogen-bond donors (Lipinski definition) is 16. The predicted molar refractivity (Wildman–Crippen MR) is 372 cm³/mol. The van der Waals surface area contributed by atoms with Gasteiger partial charge >= 0.3 is 11.9 Å². The van der Waals surface area contributed by atoms with Crippen molar-refractivity contribution < 1.29 is 77.3 Å². The Morgan fingerprint density at radius 3 is 1.98 bits per heavy atom. The third kappa shape index (κ3) is 25.2. The van der Waals surface area contributed by atoms with E-state index in [0.29, 0.717) is 10.6 Å². The van der Waals surface area contributed by atoms with Crippen LogP contribution >= 0.6 is 11.8 Å². The van der Waals surface area contributed by atoms with Crippen LogP contribution in [0.4, 0.5) is 0 Å². The molecule has 0 bridgehead atoms. The number of hydrogen-bond acceptors (Lipinski definition) is 19. The molecule has 3 aliphatic rings. The first-order valence-electron chi connectivity index (χ1n) is 33.9. The number of nitrogens with zero attached hydrogens (tertiary/aromatic N) is 3. The molecule has 0 spiro atoms. The summed E-state index contributed by atoms with van der Waals surface area (Å²) in [4.78, 5) is 209.